The highest BCUT2D eigenvalue weighted by Crippen LogP contribution is 2.38. The van der Waals surface area contributed by atoms with E-state index >= 15 is 0 Å². The number of aryl methyl sites for hydroxylation is 1. The molecule has 0 aliphatic rings. The first kappa shape index (κ1) is 25.1. The van der Waals surface area contributed by atoms with Gasteiger partial charge in [0.05, 0.1) is 5.56 Å². The van der Waals surface area contributed by atoms with E-state index in [-0.39, 0.29) is 17.5 Å². The fraction of sp³-hybridized carbons (Fsp3) is 0.222. The topological polar surface area (TPSA) is 88.2 Å². The van der Waals surface area contributed by atoms with Crippen LogP contribution >= 0.6 is 0 Å². The van der Waals surface area contributed by atoms with Gasteiger partial charge >= 0.3 is 12.1 Å². The largest absolute Gasteiger partial charge is 0.480 e. The Hall–Kier alpha value is -3.98. The highest BCUT2D eigenvalue weighted by atomic mass is 19.4. The molecule has 0 radical (unpaired) electrons. The molecule has 0 saturated carbocycles. The highest BCUT2D eigenvalue weighted by Gasteiger charge is 2.33. The van der Waals surface area contributed by atoms with E-state index in [1.165, 1.54) is 12.1 Å². The van der Waals surface area contributed by atoms with E-state index in [4.69, 9.17) is 9.63 Å². The molecule has 0 spiro atoms. The fourth-order valence-electron chi connectivity index (χ4n) is 3.99. The van der Waals surface area contributed by atoms with Gasteiger partial charge in [0.25, 0.3) is 5.89 Å². The lowest BCUT2D eigenvalue weighted by Crippen LogP contribution is -2.35. The Morgan fingerprint density at radius 3 is 2.28 bits per heavy atom. The maximum absolute atomic E-state index is 13.5. The molecule has 0 aliphatic heterocycles. The van der Waals surface area contributed by atoms with Crippen molar-refractivity contribution in [2.24, 2.45) is 0 Å². The molecule has 0 saturated heterocycles. The Morgan fingerprint density at radius 2 is 1.64 bits per heavy atom. The van der Waals surface area contributed by atoms with E-state index in [0.717, 1.165) is 11.6 Å². The van der Waals surface area contributed by atoms with E-state index in [0.29, 0.717) is 28.1 Å². The van der Waals surface area contributed by atoms with Crippen molar-refractivity contribution < 1.29 is 27.6 Å². The standard InChI is InChI=1S/C27H24F3N3O3/c1-15-14-20(12-13-21(15)22-6-4-5-7-23(22)27(28,29)30)25-32-24(33-36-25)19-10-8-18(9-11-19)16(2)31-17(3)26(34)35/h4-14,16-17,31H,1-3H3,(H,34,35)/t16-,17-/m0/s1. The number of aromatic nitrogens is 2. The number of nitrogens with one attached hydrogen (secondary N) is 1. The van der Waals surface area contributed by atoms with Gasteiger partial charge in [-0.2, -0.15) is 18.2 Å². The smallest absolute Gasteiger partial charge is 0.417 e. The number of aliphatic carboxylic acids is 1. The molecule has 186 valence electrons. The fourth-order valence-corrected chi connectivity index (χ4v) is 3.99. The normalized spacial score (nSPS) is 13.4. The van der Waals surface area contributed by atoms with Crippen molar-refractivity contribution in [1.29, 1.82) is 0 Å². The van der Waals surface area contributed by atoms with Gasteiger partial charge in [-0.15, -0.1) is 0 Å². The summed E-state index contributed by atoms with van der Waals surface area (Å²) in [5.41, 5.74) is 2.75. The van der Waals surface area contributed by atoms with E-state index in [9.17, 15) is 18.0 Å². The molecule has 4 rings (SSSR count). The number of carboxylic acid groups (broad SMARTS) is 1. The average molecular weight is 496 g/mol. The number of alkyl halides is 3. The van der Waals surface area contributed by atoms with Crippen LogP contribution in [0.1, 0.15) is 36.6 Å². The van der Waals surface area contributed by atoms with Gasteiger partial charge in [-0.05, 0) is 61.2 Å². The van der Waals surface area contributed by atoms with E-state index in [1.807, 2.05) is 31.2 Å². The van der Waals surface area contributed by atoms with Gasteiger partial charge in [-0.3, -0.25) is 10.1 Å². The lowest BCUT2D eigenvalue weighted by molar-refractivity contribution is -0.139. The van der Waals surface area contributed by atoms with Crippen molar-refractivity contribution >= 4 is 5.97 Å². The summed E-state index contributed by atoms with van der Waals surface area (Å²) in [6, 6.07) is 17.0. The third kappa shape index (κ3) is 5.31. The second kappa shape index (κ2) is 9.94. The van der Waals surface area contributed by atoms with Gasteiger partial charge in [-0.25, -0.2) is 0 Å². The zero-order valence-corrected chi connectivity index (χ0v) is 19.8. The van der Waals surface area contributed by atoms with Crippen LogP contribution in [-0.2, 0) is 11.0 Å². The molecule has 36 heavy (non-hydrogen) atoms. The van der Waals surface area contributed by atoms with Crippen LogP contribution in [0.25, 0.3) is 34.0 Å². The summed E-state index contributed by atoms with van der Waals surface area (Å²) in [5.74, 6) is -0.316. The molecule has 6 nitrogen and oxygen atoms in total. The van der Waals surface area contributed by atoms with Crippen molar-refractivity contribution in [2.45, 2.75) is 39.0 Å². The number of rotatable bonds is 7. The number of hydrogen-bond acceptors (Lipinski definition) is 5. The molecular weight excluding hydrogens is 471 g/mol. The van der Waals surface area contributed by atoms with Gasteiger partial charge in [0, 0.05) is 17.2 Å². The first-order valence-electron chi connectivity index (χ1n) is 11.2. The number of hydrogen-bond donors (Lipinski definition) is 2. The van der Waals surface area contributed by atoms with Crippen molar-refractivity contribution in [1.82, 2.24) is 15.5 Å². The molecule has 0 amide bonds. The molecule has 3 aromatic carbocycles. The van der Waals surface area contributed by atoms with Crippen LogP contribution in [0.15, 0.2) is 71.3 Å². The lowest BCUT2D eigenvalue weighted by atomic mass is 9.94. The predicted octanol–water partition coefficient (Wildman–Crippen LogP) is 6.52. The molecule has 2 atom stereocenters. The number of carbonyl (C=O) groups is 1. The van der Waals surface area contributed by atoms with Crippen molar-refractivity contribution in [3.05, 3.63) is 83.4 Å². The number of carboxylic acids is 1. The Kier molecular flexibility index (Phi) is 6.94. The highest BCUT2D eigenvalue weighted by molar-refractivity contribution is 5.74. The third-order valence-corrected chi connectivity index (χ3v) is 5.96. The second-order valence-electron chi connectivity index (χ2n) is 8.57. The summed E-state index contributed by atoms with van der Waals surface area (Å²) < 4.78 is 45.8. The van der Waals surface area contributed by atoms with Crippen LogP contribution < -0.4 is 5.32 Å². The molecule has 1 aromatic heterocycles. The van der Waals surface area contributed by atoms with Gasteiger partial charge in [-0.1, -0.05) is 53.7 Å². The molecule has 4 aromatic rings. The van der Waals surface area contributed by atoms with Crippen LogP contribution in [0, 0.1) is 6.92 Å². The Balaban J connectivity index is 1.56. The van der Waals surface area contributed by atoms with Crippen molar-refractivity contribution in [3.8, 4) is 34.0 Å². The second-order valence-corrected chi connectivity index (χ2v) is 8.57. The van der Waals surface area contributed by atoms with Crippen LogP contribution in [-0.4, -0.2) is 27.3 Å². The number of halogens is 3. The summed E-state index contributed by atoms with van der Waals surface area (Å²) >= 11 is 0. The summed E-state index contributed by atoms with van der Waals surface area (Å²) in [6.07, 6.45) is -4.46. The van der Waals surface area contributed by atoms with Crippen LogP contribution in [0.5, 0.6) is 0 Å². The van der Waals surface area contributed by atoms with Crippen molar-refractivity contribution in [3.63, 3.8) is 0 Å². The van der Waals surface area contributed by atoms with Crippen LogP contribution in [0.3, 0.4) is 0 Å². The molecule has 0 bridgehead atoms. The van der Waals surface area contributed by atoms with E-state index in [2.05, 4.69) is 15.5 Å². The summed E-state index contributed by atoms with van der Waals surface area (Å²) in [6.45, 7) is 5.19. The van der Waals surface area contributed by atoms with Crippen LogP contribution in [0.2, 0.25) is 0 Å². The van der Waals surface area contributed by atoms with E-state index < -0.39 is 23.8 Å². The Morgan fingerprint density at radius 1 is 0.972 bits per heavy atom. The molecule has 9 heteroatoms. The molecule has 0 aliphatic carbocycles. The summed E-state index contributed by atoms with van der Waals surface area (Å²) in [7, 11) is 0. The summed E-state index contributed by atoms with van der Waals surface area (Å²) in [5, 5.41) is 16.1. The minimum Gasteiger partial charge on any atom is -0.480 e. The zero-order valence-electron chi connectivity index (χ0n) is 19.8. The van der Waals surface area contributed by atoms with Crippen molar-refractivity contribution in [2.75, 3.05) is 0 Å². The van der Waals surface area contributed by atoms with Gasteiger partial charge < -0.3 is 9.63 Å². The predicted molar refractivity (Wildman–Crippen MR) is 129 cm³/mol. The molecule has 0 unspecified atom stereocenters. The van der Waals surface area contributed by atoms with Gasteiger partial charge in [0.1, 0.15) is 6.04 Å². The molecular formula is C27H24F3N3O3. The SMILES string of the molecule is Cc1cc(-c2nc(-c3ccc([C@H](C)N[C@@H](C)C(=O)O)cc3)no2)ccc1-c1ccccc1C(F)(F)F. The minimum absolute atomic E-state index is 0.113. The number of nitrogens with zero attached hydrogens (tertiary/aromatic N) is 2. The maximum Gasteiger partial charge on any atom is 0.417 e. The monoisotopic (exact) mass is 495 g/mol. The van der Waals surface area contributed by atoms with Gasteiger partial charge in [0.15, 0.2) is 0 Å². The maximum atomic E-state index is 13.5. The first-order chi connectivity index (χ1) is 17.0. The first-order valence-corrected chi connectivity index (χ1v) is 11.2. The molecule has 0 fully saturated rings. The molecule has 1 heterocycles. The third-order valence-electron chi connectivity index (χ3n) is 5.96. The van der Waals surface area contributed by atoms with Crippen LogP contribution in [0.4, 0.5) is 13.2 Å². The Labute approximate surface area is 205 Å². The number of benzene rings is 3. The zero-order chi connectivity index (χ0) is 26.0. The minimum atomic E-state index is -4.46. The lowest BCUT2D eigenvalue weighted by Gasteiger charge is -2.17. The van der Waals surface area contributed by atoms with Gasteiger partial charge in [0.2, 0.25) is 5.82 Å². The van der Waals surface area contributed by atoms with E-state index in [1.54, 1.807) is 38.1 Å². The molecule has 2 N–H and O–H groups in total. The quantitative estimate of drug-likeness (QED) is 0.303. The Bertz CT molecular complexity index is 1380. The summed E-state index contributed by atoms with van der Waals surface area (Å²) in [4.78, 5) is 15.5. The average Bonchev–Trinajstić information content (AvgIpc) is 3.34.